The number of hydrogen-bond donors (Lipinski definition) is 3. The van der Waals surface area contributed by atoms with Crippen molar-refractivity contribution in [1.29, 1.82) is 5.26 Å². The summed E-state index contributed by atoms with van der Waals surface area (Å²) in [6.45, 7) is 1.80. The molecule has 2 heterocycles. The Balaban J connectivity index is 1.99. The van der Waals surface area contributed by atoms with Gasteiger partial charge in [0.15, 0.2) is 5.82 Å². The third-order valence-electron chi connectivity index (χ3n) is 5.04. The molecule has 0 fully saturated rings. The lowest BCUT2D eigenvalue weighted by molar-refractivity contribution is 0.619. The van der Waals surface area contributed by atoms with Crippen LogP contribution in [-0.2, 0) is 0 Å². The number of fused-ring (bicyclic) bond motifs is 1. The van der Waals surface area contributed by atoms with E-state index in [2.05, 4.69) is 20.3 Å². The lowest BCUT2D eigenvalue weighted by Crippen LogP contribution is -2.29. The van der Waals surface area contributed by atoms with Crippen molar-refractivity contribution in [3.8, 4) is 11.8 Å². The zero-order chi connectivity index (χ0) is 23.7. The largest absolute Gasteiger partial charge is 0.382 e. The van der Waals surface area contributed by atoms with Crippen LogP contribution in [-0.4, -0.2) is 19.5 Å². The van der Waals surface area contributed by atoms with E-state index in [9.17, 15) is 18.8 Å². The van der Waals surface area contributed by atoms with Crippen molar-refractivity contribution in [2.45, 2.75) is 19.4 Å². The highest BCUT2D eigenvalue weighted by atomic mass is 19.1. The molecule has 5 N–H and O–H groups in total. The molecular formula is C22H18F2N8O. The fraction of sp³-hybridized carbons (Fsp3) is 0.136. The van der Waals surface area contributed by atoms with Crippen LogP contribution in [0.15, 0.2) is 47.3 Å². The highest BCUT2D eigenvalue weighted by Gasteiger charge is 2.24. The maximum absolute atomic E-state index is 14.5. The van der Waals surface area contributed by atoms with Crippen LogP contribution in [0.25, 0.3) is 16.6 Å². The SMILES string of the molecule is CC[C@H](Nc1nc(N)nc(N)c1C#N)c1nc2cccc(F)c2c(=O)n1-c1cccc(F)c1. The lowest BCUT2D eigenvalue weighted by atomic mass is 10.1. The van der Waals surface area contributed by atoms with Gasteiger partial charge in [0.2, 0.25) is 5.95 Å². The van der Waals surface area contributed by atoms with E-state index in [0.29, 0.717) is 6.42 Å². The molecule has 2 aromatic carbocycles. The molecule has 0 saturated heterocycles. The number of hydrogen-bond acceptors (Lipinski definition) is 8. The number of benzene rings is 2. The minimum atomic E-state index is -0.745. The molecule has 0 aliphatic heterocycles. The highest BCUT2D eigenvalue weighted by molar-refractivity contribution is 5.79. The van der Waals surface area contributed by atoms with Gasteiger partial charge >= 0.3 is 0 Å². The van der Waals surface area contributed by atoms with Crippen LogP contribution in [0.2, 0.25) is 0 Å². The summed E-state index contributed by atoms with van der Waals surface area (Å²) in [6, 6.07) is 10.6. The summed E-state index contributed by atoms with van der Waals surface area (Å²) in [6.07, 6.45) is 0.358. The zero-order valence-electron chi connectivity index (χ0n) is 17.4. The van der Waals surface area contributed by atoms with Crippen molar-refractivity contribution in [3.63, 3.8) is 0 Å². The standard InChI is InChI=1S/C22H18F2N8O/c1-2-15(28-19-13(10-25)18(26)30-22(27)31-19)20-29-16-8-4-7-14(24)17(16)21(33)32(20)12-6-3-5-11(23)9-12/h3-9,15H,2H2,1H3,(H5,26,27,28,30,31)/t15-/m0/s1. The Hall–Kier alpha value is -4.59. The summed E-state index contributed by atoms with van der Waals surface area (Å²) >= 11 is 0. The molecule has 0 radical (unpaired) electrons. The summed E-state index contributed by atoms with van der Waals surface area (Å²) in [5.74, 6) is -1.38. The van der Waals surface area contributed by atoms with Gasteiger partial charge in [-0.25, -0.2) is 13.8 Å². The number of nitriles is 1. The Morgan fingerprint density at radius 1 is 1.15 bits per heavy atom. The molecule has 0 aliphatic rings. The van der Waals surface area contributed by atoms with Crippen LogP contribution in [0.5, 0.6) is 0 Å². The van der Waals surface area contributed by atoms with E-state index < -0.39 is 23.2 Å². The molecule has 1 atom stereocenters. The van der Waals surface area contributed by atoms with E-state index in [1.807, 2.05) is 6.07 Å². The molecule has 9 nitrogen and oxygen atoms in total. The maximum atomic E-state index is 14.5. The van der Waals surface area contributed by atoms with Crippen molar-refractivity contribution in [3.05, 3.63) is 75.8 Å². The Kier molecular flexibility index (Phi) is 5.58. The molecule has 2 aromatic heterocycles. The van der Waals surface area contributed by atoms with Crippen molar-refractivity contribution in [2.24, 2.45) is 0 Å². The van der Waals surface area contributed by atoms with Crippen molar-refractivity contribution in [1.82, 2.24) is 19.5 Å². The van der Waals surface area contributed by atoms with Crippen molar-refractivity contribution in [2.75, 3.05) is 16.8 Å². The van der Waals surface area contributed by atoms with Crippen LogP contribution >= 0.6 is 0 Å². The highest BCUT2D eigenvalue weighted by Crippen LogP contribution is 2.27. The zero-order valence-corrected chi connectivity index (χ0v) is 17.4. The van der Waals surface area contributed by atoms with Crippen molar-refractivity contribution >= 4 is 28.5 Å². The second-order valence-electron chi connectivity index (χ2n) is 7.13. The first-order chi connectivity index (χ1) is 15.8. The van der Waals surface area contributed by atoms with Gasteiger partial charge < -0.3 is 16.8 Å². The molecule has 33 heavy (non-hydrogen) atoms. The number of halogens is 2. The molecule has 166 valence electrons. The first-order valence-electron chi connectivity index (χ1n) is 9.90. The minimum absolute atomic E-state index is 0.0332. The molecule has 4 rings (SSSR count). The van der Waals surface area contributed by atoms with Crippen LogP contribution in [0.3, 0.4) is 0 Å². The molecule has 0 spiro atoms. The second kappa shape index (κ2) is 8.51. The fourth-order valence-electron chi connectivity index (χ4n) is 3.53. The monoisotopic (exact) mass is 448 g/mol. The van der Waals surface area contributed by atoms with Gasteiger partial charge in [0, 0.05) is 0 Å². The van der Waals surface area contributed by atoms with Crippen LogP contribution in [0, 0.1) is 23.0 Å². The number of nitrogen functional groups attached to an aromatic ring is 2. The summed E-state index contributed by atoms with van der Waals surface area (Å²) < 4.78 is 29.7. The normalized spacial score (nSPS) is 11.8. The van der Waals surface area contributed by atoms with Crippen LogP contribution in [0.1, 0.15) is 30.8 Å². The summed E-state index contributed by atoms with van der Waals surface area (Å²) in [7, 11) is 0. The van der Waals surface area contributed by atoms with E-state index >= 15 is 0 Å². The number of nitrogens with two attached hydrogens (primary N) is 2. The van der Waals surface area contributed by atoms with Crippen LogP contribution < -0.4 is 22.3 Å². The van der Waals surface area contributed by atoms with Gasteiger partial charge in [-0.05, 0) is 36.8 Å². The Morgan fingerprint density at radius 2 is 1.91 bits per heavy atom. The number of anilines is 3. The van der Waals surface area contributed by atoms with E-state index in [-0.39, 0.29) is 45.6 Å². The summed E-state index contributed by atoms with van der Waals surface area (Å²) in [5, 5.41) is 12.3. The Bertz CT molecular complexity index is 1480. The van der Waals surface area contributed by atoms with E-state index in [1.54, 1.807) is 6.92 Å². The molecule has 0 unspecified atom stereocenters. The predicted octanol–water partition coefficient (Wildman–Crippen LogP) is 3.05. The van der Waals surface area contributed by atoms with Gasteiger partial charge in [-0.15, -0.1) is 0 Å². The van der Waals surface area contributed by atoms with Gasteiger partial charge in [-0.2, -0.15) is 15.2 Å². The third-order valence-corrected chi connectivity index (χ3v) is 5.04. The topological polar surface area (TPSA) is 149 Å². The number of rotatable bonds is 5. The van der Waals surface area contributed by atoms with E-state index in [4.69, 9.17) is 11.5 Å². The fourth-order valence-corrected chi connectivity index (χ4v) is 3.53. The average Bonchev–Trinajstić information content (AvgIpc) is 2.77. The first kappa shape index (κ1) is 21.6. The van der Waals surface area contributed by atoms with Crippen LogP contribution in [0.4, 0.5) is 26.4 Å². The second-order valence-corrected chi connectivity index (χ2v) is 7.13. The minimum Gasteiger partial charge on any atom is -0.382 e. The third kappa shape index (κ3) is 3.89. The number of nitrogens with zero attached hydrogens (tertiary/aromatic N) is 5. The molecule has 0 amide bonds. The first-order valence-corrected chi connectivity index (χ1v) is 9.90. The molecule has 0 saturated carbocycles. The van der Waals surface area contributed by atoms with Crippen molar-refractivity contribution < 1.29 is 8.78 Å². The quantitative estimate of drug-likeness (QED) is 0.422. The van der Waals surface area contributed by atoms with Gasteiger partial charge in [0.25, 0.3) is 5.56 Å². The lowest BCUT2D eigenvalue weighted by Gasteiger charge is -2.23. The summed E-state index contributed by atoms with van der Waals surface area (Å²) in [5.41, 5.74) is 11.0. The summed E-state index contributed by atoms with van der Waals surface area (Å²) in [4.78, 5) is 25.8. The predicted molar refractivity (Wildman–Crippen MR) is 119 cm³/mol. The molecule has 4 aromatic rings. The van der Waals surface area contributed by atoms with Gasteiger partial charge in [-0.3, -0.25) is 9.36 Å². The van der Waals surface area contributed by atoms with Gasteiger partial charge in [0.05, 0.1) is 17.2 Å². The smallest absolute Gasteiger partial charge is 0.269 e. The van der Waals surface area contributed by atoms with Gasteiger partial charge in [-0.1, -0.05) is 19.1 Å². The Morgan fingerprint density at radius 3 is 2.61 bits per heavy atom. The van der Waals surface area contributed by atoms with E-state index in [0.717, 1.165) is 16.7 Å². The van der Waals surface area contributed by atoms with E-state index in [1.165, 1.54) is 30.3 Å². The average molecular weight is 448 g/mol. The van der Waals surface area contributed by atoms with Gasteiger partial charge in [0.1, 0.15) is 40.3 Å². The molecular weight excluding hydrogens is 430 g/mol. The number of aromatic nitrogens is 4. The maximum Gasteiger partial charge on any atom is 0.269 e. The Labute approximate surface area is 186 Å². The molecule has 11 heteroatoms. The molecule has 0 bridgehead atoms. The molecule has 0 aliphatic carbocycles. The number of nitrogens with one attached hydrogen (secondary N) is 1.